The minimum absolute atomic E-state index is 0.888. The van der Waals surface area contributed by atoms with E-state index >= 15 is 0 Å². The fourth-order valence-electron chi connectivity index (χ4n) is 3.30. The molecule has 126 valence electrons. The number of H-pyrrole nitrogens is 2. The van der Waals surface area contributed by atoms with Crippen LogP contribution < -0.4 is 0 Å². The second kappa shape index (κ2) is 5.74. The predicted octanol–water partition coefficient (Wildman–Crippen LogP) is 5.19. The predicted molar refractivity (Wildman–Crippen MR) is 102 cm³/mol. The number of benzene rings is 1. The highest BCUT2D eigenvalue weighted by atomic mass is 16.3. The standard InChI is InChI=1S/C21H16N4O/c1-13-5-7-22-11-17(13)19-10-21(25-24-19)20-9-16-15(14-6-8-26-12-14)3-2-4-18(16)23-20/h2-12,23H,1H3,(H,24,25). The maximum absolute atomic E-state index is 5.24. The molecule has 0 bridgehead atoms. The van der Waals surface area contributed by atoms with E-state index in [4.69, 9.17) is 4.42 Å². The zero-order chi connectivity index (χ0) is 17.5. The molecule has 0 fully saturated rings. The van der Waals surface area contributed by atoms with Crippen molar-refractivity contribution < 1.29 is 4.42 Å². The maximum atomic E-state index is 5.24. The number of nitrogens with one attached hydrogen (secondary N) is 2. The molecule has 0 amide bonds. The largest absolute Gasteiger partial charge is 0.472 e. The highest BCUT2D eigenvalue weighted by molar-refractivity contribution is 5.97. The number of hydrogen-bond donors (Lipinski definition) is 2. The van der Waals surface area contributed by atoms with Crippen LogP contribution in [0.3, 0.4) is 0 Å². The number of aromatic amines is 2. The van der Waals surface area contributed by atoms with Gasteiger partial charge in [-0.05, 0) is 48.4 Å². The molecule has 0 aliphatic heterocycles. The Morgan fingerprint density at radius 3 is 2.81 bits per heavy atom. The summed E-state index contributed by atoms with van der Waals surface area (Å²) in [5, 5.41) is 8.75. The summed E-state index contributed by atoms with van der Waals surface area (Å²) in [7, 11) is 0. The van der Waals surface area contributed by atoms with Gasteiger partial charge in [-0.1, -0.05) is 12.1 Å². The van der Waals surface area contributed by atoms with Crippen LogP contribution in [0.1, 0.15) is 5.56 Å². The molecule has 5 rings (SSSR count). The van der Waals surface area contributed by atoms with Crippen LogP contribution in [-0.4, -0.2) is 20.2 Å². The molecule has 0 aliphatic carbocycles. The van der Waals surface area contributed by atoms with Gasteiger partial charge in [0, 0.05) is 34.4 Å². The molecule has 0 saturated heterocycles. The highest BCUT2D eigenvalue weighted by Gasteiger charge is 2.12. The molecule has 0 spiro atoms. The third-order valence-corrected chi connectivity index (χ3v) is 4.68. The number of nitrogens with zero attached hydrogens (tertiary/aromatic N) is 2. The Hall–Kier alpha value is -3.60. The zero-order valence-electron chi connectivity index (χ0n) is 14.2. The van der Waals surface area contributed by atoms with Crippen LogP contribution in [0.4, 0.5) is 0 Å². The Kier molecular flexibility index (Phi) is 3.25. The molecule has 26 heavy (non-hydrogen) atoms. The first-order chi connectivity index (χ1) is 12.8. The van der Waals surface area contributed by atoms with E-state index in [1.807, 2.05) is 30.5 Å². The lowest BCUT2D eigenvalue weighted by atomic mass is 10.0. The zero-order valence-corrected chi connectivity index (χ0v) is 14.2. The summed E-state index contributed by atoms with van der Waals surface area (Å²) in [6.07, 6.45) is 7.10. The summed E-state index contributed by atoms with van der Waals surface area (Å²) in [6, 6.07) is 14.4. The summed E-state index contributed by atoms with van der Waals surface area (Å²) < 4.78 is 5.24. The van der Waals surface area contributed by atoms with Gasteiger partial charge >= 0.3 is 0 Å². The van der Waals surface area contributed by atoms with E-state index < -0.39 is 0 Å². The summed E-state index contributed by atoms with van der Waals surface area (Å²) in [5.41, 5.74) is 8.29. The lowest BCUT2D eigenvalue weighted by Crippen LogP contribution is -1.84. The average molecular weight is 340 g/mol. The van der Waals surface area contributed by atoms with Crippen LogP contribution in [-0.2, 0) is 0 Å². The molecule has 4 heterocycles. The summed E-state index contributed by atoms with van der Waals surface area (Å²) in [6.45, 7) is 2.06. The topological polar surface area (TPSA) is 70.5 Å². The number of hydrogen-bond acceptors (Lipinski definition) is 3. The van der Waals surface area contributed by atoms with E-state index in [1.54, 1.807) is 18.7 Å². The van der Waals surface area contributed by atoms with E-state index in [0.717, 1.165) is 50.2 Å². The van der Waals surface area contributed by atoms with Gasteiger partial charge in [0.2, 0.25) is 0 Å². The number of pyridine rings is 1. The van der Waals surface area contributed by atoms with E-state index in [-0.39, 0.29) is 0 Å². The van der Waals surface area contributed by atoms with Crippen molar-refractivity contribution in [3.8, 4) is 33.8 Å². The van der Waals surface area contributed by atoms with Crippen molar-refractivity contribution in [1.29, 1.82) is 0 Å². The summed E-state index contributed by atoms with van der Waals surface area (Å²) in [4.78, 5) is 7.68. The van der Waals surface area contributed by atoms with Gasteiger partial charge in [-0.25, -0.2) is 0 Å². The third kappa shape index (κ3) is 2.33. The Labute approximate surface area is 149 Å². The van der Waals surface area contributed by atoms with E-state index in [9.17, 15) is 0 Å². The lowest BCUT2D eigenvalue weighted by molar-refractivity contribution is 0.568. The van der Waals surface area contributed by atoms with Crippen molar-refractivity contribution >= 4 is 10.9 Å². The monoisotopic (exact) mass is 340 g/mol. The van der Waals surface area contributed by atoms with Crippen LogP contribution in [0.5, 0.6) is 0 Å². The van der Waals surface area contributed by atoms with Crippen molar-refractivity contribution in [2.75, 3.05) is 0 Å². The van der Waals surface area contributed by atoms with Gasteiger partial charge < -0.3 is 9.40 Å². The van der Waals surface area contributed by atoms with Crippen LogP contribution in [0.15, 0.2) is 71.8 Å². The van der Waals surface area contributed by atoms with Gasteiger partial charge in [0.1, 0.15) is 0 Å². The summed E-state index contributed by atoms with van der Waals surface area (Å²) in [5.74, 6) is 0. The first kappa shape index (κ1) is 14.7. The number of aromatic nitrogens is 4. The molecular formula is C21H16N4O. The quantitative estimate of drug-likeness (QED) is 0.475. The van der Waals surface area contributed by atoms with E-state index in [1.165, 1.54) is 0 Å². The first-order valence-electron chi connectivity index (χ1n) is 8.41. The van der Waals surface area contributed by atoms with Gasteiger partial charge in [-0.3, -0.25) is 10.1 Å². The molecule has 1 aromatic carbocycles. The average Bonchev–Trinajstić information content (AvgIpc) is 3.40. The number of rotatable bonds is 3. The van der Waals surface area contributed by atoms with Crippen LogP contribution in [0.2, 0.25) is 0 Å². The van der Waals surface area contributed by atoms with Crippen LogP contribution >= 0.6 is 0 Å². The van der Waals surface area contributed by atoms with Crippen molar-refractivity contribution in [2.45, 2.75) is 6.92 Å². The Morgan fingerprint density at radius 1 is 1.00 bits per heavy atom. The fraction of sp³-hybridized carbons (Fsp3) is 0.0476. The third-order valence-electron chi connectivity index (χ3n) is 4.68. The summed E-state index contributed by atoms with van der Waals surface area (Å²) >= 11 is 0. The van der Waals surface area contributed by atoms with Crippen molar-refractivity contribution in [3.63, 3.8) is 0 Å². The molecule has 0 unspecified atom stereocenters. The van der Waals surface area contributed by atoms with Gasteiger partial charge in [-0.15, -0.1) is 0 Å². The molecular weight excluding hydrogens is 324 g/mol. The second-order valence-corrected chi connectivity index (χ2v) is 6.32. The fourth-order valence-corrected chi connectivity index (χ4v) is 3.30. The van der Waals surface area contributed by atoms with Crippen molar-refractivity contribution in [3.05, 3.63) is 72.9 Å². The Bertz CT molecular complexity index is 1200. The number of aryl methyl sites for hydroxylation is 1. The van der Waals surface area contributed by atoms with Crippen LogP contribution in [0.25, 0.3) is 44.7 Å². The van der Waals surface area contributed by atoms with Gasteiger partial charge in [0.25, 0.3) is 0 Å². The minimum Gasteiger partial charge on any atom is -0.472 e. The molecule has 5 aromatic rings. The van der Waals surface area contributed by atoms with Gasteiger partial charge in [-0.2, -0.15) is 5.10 Å². The molecule has 4 aromatic heterocycles. The highest BCUT2D eigenvalue weighted by Crippen LogP contribution is 2.33. The molecule has 0 atom stereocenters. The van der Waals surface area contributed by atoms with E-state index in [0.29, 0.717) is 0 Å². The molecule has 5 nitrogen and oxygen atoms in total. The minimum atomic E-state index is 0.888. The Balaban J connectivity index is 1.61. The molecule has 2 N–H and O–H groups in total. The van der Waals surface area contributed by atoms with Crippen molar-refractivity contribution in [2.24, 2.45) is 0 Å². The van der Waals surface area contributed by atoms with Gasteiger partial charge in [0.15, 0.2) is 0 Å². The number of fused-ring (bicyclic) bond motifs is 1. The Morgan fingerprint density at radius 2 is 1.96 bits per heavy atom. The SMILES string of the molecule is Cc1ccncc1-c1cc(-c2cc3c(-c4ccoc4)cccc3[nH]2)[nH]n1. The molecule has 0 saturated carbocycles. The smallest absolute Gasteiger partial charge is 0.0981 e. The van der Waals surface area contributed by atoms with E-state index in [2.05, 4.69) is 45.3 Å². The molecule has 0 aliphatic rings. The molecule has 0 radical (unpaired) electrons. The molecule has 5 heteroatoms. The van der Waals surface area contributed by atoms with Crippen molar-refractivity contribution in [1.82, 2.24) is 20.2 Å². The lowest BCUT2D eigenvalue weighted by Gasteiger charge is -1.99. The normalized spacial score (nSPS) is 11.3. The van der Waals surface area contributed by atoms with Crippen LogP contribution in [0, 0.1) is 6.92 Å². The number of furan rings is 1. The maximum Gasteiger partial charge on any atom is 0.0981 e. The first-order valence-corrected chi connectivity index (χ1v) is 8.41. The second-order valence-electron chi connectivity index (χ2n) is 6.32. The van der Waals surface area contributed by atoms with Gasteiger partial charge in [0.05, 0.1) is 29.6 Å².